The number of carbonyl (C=O) groups is 3. The fraction of sp³-hybridized carbons (Fsp3) is 0.654. The summed E-state index contributed by atoms with van der Waals surface area (Å²) in [6.45, 7) is 17.1. The first-order valence-corrected chi connectivity index (χ1v) is 11.8. The largest absolute Gasteiger partial charge is 0.444 e. The number of alkyl carbamates (subject to hydrolysis) is 1. The van der Waals surface area contributed by atoms with Crippen LogP contribution in [0.15, 0.2) is 24.3 Å². The van der Waals surface area contributed by atoms with Crippen molar-refractivity contribution < 1.29 is 19.1 Å². The molecule has 1 aromatic rings. The summed E-state index contributed by atoms with van der Waals surface area (Å²) < 4.78 is 5.31. The molecule has 2 unspecified atom stereocenters. The number of hydrogen-bond donors (Lipinski definition) is 2. The lowest BCUT2D eigenvalue weighted by Crippen LogP contribution is -2.54. The van der Waals surface area contributed by atoms with E-state index in [2.05, 4.69) is 17.6 Å². The van der Waals surface area contributed by atoms with E-state index in [9.17, 15) is 14.4 Å². The van der Waals surface area contributed by atoms with Crippen molar-refractivity contribution in [3.05, 3.63) is 35.4 Å². The zero-order valence-corrected chi connectivity index (χ0v) is 21.9. The summed E-state index contributed by atoms with van der Waals surface area (Å²) in [4.78, 5) is 40.9. The fourth-order valence-corrected chi connectivity index (χ4v) is 3.35. The normalized spacial score (nSPS) is 13.6. The molecule has 7 nitrogen and oxygen atoms in total. The second-order valence-corrected chi connectivity index (χ2v) is 10.7. The molecule has 0 fully saturated rings. The van der Waals surface area contributed by atoms with Gasteiger partial charge < -0.3 is 20.3 Å². The summed E-state index contributed by atoms with van der Waals surface area (Å²) in [6.07, 6.45) is 2.01. The molecule has 1 rings (SSSR count). The molecule has 186 valence electrons. The summed E-state index contributed by atoms with van der Waals surface area (Å²) >= 11 is 0. The van der Waals surface area contributed by atoms with E-state index >= 15 is 0 Å². The highest BCUT2D eigenvalue weighted by Crippen LogP contribution is 2.25. The van der Waals surface area contributed by atoms with Crippen molar-refractivity contribution in [3.8, 4) is 0 Å². The second kappa shape index (κ2) is 12.1. The Morgan fingerprint density at radius 3 is 2.06 bits per heavy atom. The Balaban J connectivity index is 3.31. The third kappa shape index (κ3) is 10.3. The zero-order chi connectivity index (χ0) is 25.4. The Hall–Kier alpha value is -2.57. The summed E-state index contributed by atoms with van der Waals surface area (Å²) in [5, 5.41) is 5.65. The quantitative estimate of drug-likeness (QED) is 0.513. The molecule has 0 aromatic heterocycles. The molecule has 0 aliphatic rings. The topological polar surface area (TPSA) is 87.7 Å². The molecule has 0 saturated heterocycles. The zero-order valence-electron chi connectivity index (χ0n) is 21.9. The third-order valence-electron chi connectivity index (χ3n) is 4.84. The van der Waals surface area contributed by atoms with E-state index in [-0.39, 0.29) is 11.8 Å². The van der Waals surface area contributed by atoms with E-state index in [1.807, 2.05) is 52.0 Å². The highest BCUT2D eigenvalue weighted by molar-refractivity contribution is 5.92. The third-order valence-corrected chi connectivity index (χ3v) is 4.84. The number of unbranched alkanes of at least 4 members (excludes halogenated alkanes) is 2. The molecular weight excluding hydrogens is 418 g/mol. The Morgan fingerprint density at radius 1 is 1.00 bits per heavy atom. The number of carbonyl (C=O) groups excluding carboxylic acids is 3. The van der Waals surface area contributed by atoms with Crippen LogP contribution in [0.4, 0.5) is 4.79 Å². The van der Waals surface area contributed by atoms with Gasteiger partial charge in [0.15, 0.2) is 0 Å². The predicted octanol–water partition coefficient (Wildman–Crippen LogP) is 4.88. The molecule has 0 radical (unpaired) electrons. The van der Waals surface area contributed by atoms with Gasteiger partial charge in [0.2, 0.25) is 11.8 Å². The Labute approximate surface area is 199 Å². The number of hydrogen-bond acceptors (Lipinski definition) is 4. The molecule has 0 saturated carbocycles. The Kier molecular flexibility index (Phi) is 10.4. The lowest BCUT2D eigenvalue weighted by molar-refractivity contribution is -0.142. The predicted molar refractivity (Wildman–Crippen MR) is 132 cm³/mol. The van der Waals surface area contributed by atoms with Crippen LogP contribution in [0, 0.1) is 6.92 Å². The molecule has 2 atom stereocenters. The number of rotatable bonds is 9. The standard InChI is InChI=1S/C26H43N3O4/c1-10-11-12-17-29(23(31)19(3)27-24(32)33-26(7,8)9)21(22(30)28-25(4,5)6)20-15-13-18(2)14-16-20/h13-16,19,21H,10-12,17H2,1-9H3,(H,27,32)(H,28,30). The molecule has 0 aliphatic carbocycles. The molecule has 1 aromatic carbocycles. The van der Waals surface area contributed by atoms with Crippen LogP contribution in [-0.4, -0.2) is 46.5 Å². The van der Waals surface area contributed by atoms with Gasteiger partial charge in [-0.2, -0.15) is 0 Å². The summed E-state index contributed by atoms with van der Waals surface area (Å²) in [6, 6.07) is 5.98. The second-order valence-electron chi connectivity index (χ2n) is 10.7. The van der Waals surface area contributed by atoms with Gasteiger partial charge in [-0.15, -0.1) is 0 Å². The molecule has 0 spiro atoms. The number of ether oxygens (including phenoxy) is 1. The minimum Gasteiger partial charge on any atom is -0.444 e. The average molecular weight is 462 g/mol. The van der Waals surface area contributed by atoms with Gasteiger partial charge in [-0.1, -0.05) is 49.6 Å². The molecule has 0 heterocycles. The smallest absolute Gasteiger partial charge is 0.408 e. The SMILES string of the molecule is CCCCCN(C(=O)C(C)NC(=O)OC(C)(C)C)C(C(=O)NC(C)(C)C)c1ccc(C)cc1. The Bertz CT molecular complexity index is 791. The minimum atomic E-state index is -0.850. The van der Waals surface area contributed by atoms with Crippen LogP contribution in [0.5, 0.6) is 0 Å². The molecule has 0 aliphatic heterocycles. The van der Waals surface area contributed by atoms with E-state index in [1.54, 1.807) is 32.6 Å². The maximum absolute atomic E-state index is 13.6. The first-order chi connectivity index (χ1) is 15.1. The Morgan fingerprint density at radius 2 is 1.58 bits per heavy atom. The fourth-order valence-electron chi connectivity index (χ4n) is 3.35. The van der Waals surface area contributed by atoms with Crippen molar-refractivity contribution >= 4 is 17.9 Å². The number of nitrogens with one attached hydrogen (secondary N) is 2. The van der Waals surface area contributed by atoms with Gasteiger partial charge in [-0.3, -0.25) is 9.59 Å². The van der Waals surface area contributed by atoms with Gasteiger partial charge in [0.05, 0.1) is 0 Å². The first kappa shape index (κ1) is 28.5. The summed E-state index contributed by atoms with van der Waals surface area (Å²) in [5.74, 6) is -0.577. The molecule has 2 N–H and O–H groups in total. The van der Waals surface area contributed by atoms with Crippen molar-refractivity contribution in [2.24, 2.45) is 0 Å². The van der Waals surface area contributed by atoms with Crippen LogP contribution in [0.3, 0.4) is 0 Å². The van der Waals surface area contributed by atoms with Crippen LogP contribution in [0.1, 0.15) is 91.8 Å². The highest BCUT2D eigenvalue weighted by atomic mass is 16.6. The lowest BCUT2D eigenvalue weighted by atomic mass is 9.99. The van der Waals surface area contributed by atoms with E-state index in [0.29, 0.717) is 6.54 Å². The van der Waals surface area contributed by atoms with Crippen LogP contribution >= 0.6 is 0 Å². The lowest BCUT2D eigenvalue weighted by Gasteiger charge is -2.35. The maximum Gasteiger partial charge on any atom is 0.408 e. The minimum absolute atomic E-state index is 0.249. The van der Waals surface area contributed by atoms with E-state index in [4.69, 9.17) is 4.74 Å². The van der Waals surface area contributed by atoms with Gasteiger partial charge in [-0.25, -0.2) is 4.79 Å². The molecule has 33 heavy (non-hydrogen) atoms. The van der Waals surface area contributed by atoms with Gasteiger partial charge in [0.1, 0.15) is 17.7 Å². The van der Waals surface area contributed by atoms with Gasteiger partial charge in [-0.05, 0) is 67.4 Å². The van der Waals surface area contributed by atoms with Gasteiger partial charge in [0, 0.05) is 12.1 Å². The average Bonchev–Trinajstić information content (AvgIpc) is 2.65. The van der Waals surface area contributed by atoms with Crippen LogP contribution in [0.25, 0.3) is 0 Å². The summed E-state index contributed by atoms with van der Waals surface area (Å²) in [5.41, 5.74) is 0.665. The maximum atomic E-state index is 13.6. The van der Waals surface area contributed by atoms with Crippen LogP contribution in [-0.2, 0) is 14.3 Å². The van der Waals surface area contributed by atoms with Crippen molar-refractivity contribution in [3.63, 3.8) is 0 Å². The van der Waals surface area contributed by atoms with E-state index in [1.165, 1.54) is 0 Å². The molecule has 3 amide bonds. The van der Waals surface area contributed by atoms with Crippen LogP contribution in [0.2, 0.25) is 0 Å². The van der Waals surface area contributed by atoms with Gasteiger partial charge >= 0.3 is 6.09 Å². The number of aryl methyl sites for hydroxylation is 1. The molecule has 0 bridgehead atoms. The summed E-state index contributed by atoms with van der Waals surface area (Å²) in [7, 11) is 0. The highest BCUT2D eigenvalue weighted by Gasteiger charge is 2.35. The van der Waals surface area contributed by atoms with Crippen molar-refractivity contribution in [2.45, 2.75) is 105 Å². The van der Waals surface area contributed by atoms with Crippen molar-refractivity contribution in [2.75, 3.05) is 6.54 Å². The van der Waals surface area contributed by atoms with Crippen molar-refractivity contribution in [1.29, 1.82) is 0 Å². The molecular formula is C26H43N3O4. The van der Waals surface area contributed by atoms with E-state index < -0.39 is 29.3 Å². The number of benzene rings is 1. The van der Waals surface area contributed by atoms with Crippen molar-refractivity contribution in [1.82, 2.24) is 15.5 Å². The van der Waals surface area contributed by atoms with Crippen LogP contribution < -0.4 is 10.6 Å². The first-order valence-electron chi connectivity index (χ1n) is 11.8. The number of amides is 3. The molecule has 7 heteroatoms. The number of nitrogens with zero attached hydrogens (tertiary/aromatic N) is 1. The monoisotopic (exact) mass is 461 g/mol. The van der Waals surface area contributed by atoms with Gasteiger partial charge in [0.25, 0.3) is 0 Å². The van der Waals surface area contributed by atoms with E-state index in [0.717, 1.165) is 30.4 Å².